The lowest BCUT2D eigenvalue weighted by Gasteiger charge is -2.31. The molecular formula is C17H20FNO3. The molecule has 1 aromatic rings. The van der Waals surface area contributed by atoms with Crippen LogP contribution in [0.2, 0.25) is 0 Å². The minimum Gasteiger partial charge on any atom is -0.460 e. The van der Waals surface area contributed by atoms with Gasteiger partial charge in [0.2, 0.25) is 5.91 Å². The topological polar surface area (TPSA) is 46.6 Å². The van der Waals surface area contributed by atoms with Crippen molar-refractivity contribution in [2.24, 2.45) is 11.8 Å². The number of esters is 1. The van der Waals surface area contributed by atoms with Crippen molar-refractivity contribution in [3.05, 3.63) is 35.6 Å². The molecule has 5 heteroatoms. The summed E-state index contributed by atoms with van der Waals surface area (Å²) in [6.45, 7) is 1.20. The third kappa shape index (κ3) is 3.46. The van der Waals surface area contributed by atoms with E-state index in [2.05, 4.69) is 0 Å². The van der Waals surface area contributed by atoms with E-state index in [-0.39, 0.29) is 36.1 Å². The number of hydrogen-bond acceptors (Lipinski definition) is 3. The van der Waals surface area contributed by atoms with Gasteiger partial charge in [-0.3, -0.25) is 9.59 Å². The molecule has 1 saturated heterocycles. The number of carbonyl (C=O) groups is 2. The minimum atomic E-state index is -0.361. The molecule has 118 valence electrons. The van der Waals surface area contributed by atoms with Gasteiger partial charge in [0.05, 0.1) is 5.92 Å². The third-order valence-electron chi connectivity index (χ3n) is 4.39. The first-order valence-electron chi connectivity index (χ1n) is 7.84. The van der Waals surface area contributed by atoms with Crippen molar-refractivity contribution in [2.45, 2.75) is 32.3 Å². The zero-order valence-electron chi connectivity index (χ0n) is 12.5. The molecule has 2 fully saturated rings. The van der Waals surface area contributed by atoms with Gasteiger partial charge in [-0.2, -0.15) is 0 Å². The van der Waals surface area contributed by atoms with Gasteiger partial charge in [0.1, 0.15) is 12.4 Å². The lowest BCUT2D eigenvalue weighted by Crippen LogP contribution is -2.41. The maximum Gasteiger partial charge on any atom is 0.309 e. The molecule has 1 heterocycles. The zero-order valence-corrected chi connectivity index (χ0v) is 12.5. The highest BCUT2D eigenvalue weighted by Crippen LogP contribution is 2.32. The number of benzene rings is 1. The molecule has 2 aliphatic rings. The van der Waals surface area contributed by atoms with Crippen LogP contribution >= 0.6 is 0 Å². The zero-order chi connectivity index (χ0) is 15.5. The maximum absolute atomic E-state index is 13.5. The Bertz CT molecular complexity index is 563. The minimum absolute atomic E-state index is 0.0350. The fourth-order valence-electron chi connectivity index (χ4n) is 2.81. The fraction of sp³-hybridized carbons (Fsp3) is 0.529. The highest BCUT2D eigenvalue weighted by Gasteiger charge is 2.36. The maximum atomic E-state index is 13.5. The number of carbonyl (C=O) groups excluding carboxylic acids is 2. The first kappa shape index (κ1) is 15.0. The van der Waals surface area contributed by atoms with E-state index in [1.807, 2.05) is 4.90 Å². The molecular weight excluding hydrogens is 285 g/mol. The Morgan fingerprint density at radius 1 is 1.09 bits per heavy atom. The SMILES string of the molecule is O=C(OCc1ccccc1F)C1CCN(C(=O)C2CC2)CC1. The van der Waals surface area contributed by atoms with E-state index in [9.17, 15) is 14.0 Å². The number of ether oxygens (including phenoxy) is 1. The number of amides is 1. The van der Waals surface area contributed by atoms with Crippen molar-refractivity contribution in [2.75, 3.05) is 13.1 Å². The standard InChI is InChI=1S/C17H20FNO3/c18-15-4-2-1-3-14(15)11-22-17(21)13-7-9-19(10-8-13)16(20)12-5-6-12/h1-4,12-13H,5-11H2. The Labute approximate surface area is 129 Å². The van der Waals surface area contributed by atoms with Gasteiger partial charge < -0.3 is 9.64 Å². The highest BCUT2D eigenvalue weighted by molar-refractivity contribution is 5.81. The molecule has 1 amide bonds. The van der Waals surface area contributed by atoms with Crippen LogP contribution in [-0.4, -0.2) is 29.9 Å². The van der Waals surface area contributed by atoms with Gasteiger partial charge in [0.25, 0.3) is 0 Å². The normalized spacial score (nSPS) is 19.0. The highest BCUT2D eigenvalue weighted by atomic mass is 19.1. The van der Waals surface area contributed by atoms with Gasteiger partial charge in [0.15, 0.2) is 0 Å². The smallest absolute Gasteiger partial charge is 0.309 e. The van der Waals surface area contributed by atoms with Crippen molar-refractivity contribution in [1.29, 1.82) is 0 Å². The Morgan fingerprint density at radius 2 is 1.77 bits per heavy atom. The van der Waals surface area contributed by atoms with Gasteiger partial charge in [0, 0.05) is 24.6 Å². The number of piperidine rings is 1. The lowest BCUT2D eigenvalue weighted by molar-refractivity contribution is -0.153. The predicted octanol–water partition coefficient (Wildman–Crippen LogP) is 2.52. The monoisotopic (exact) mass is 305 g/mol. The van der Waals surface area contributed by atoms with Crippen LogP contribution in [0.25, 0.3) is 0 Å². The number of halogens is 1. The molecule has 4 nitrogen and oxygen atoms in total. The van der Waals surface area contributed by atoms with E-state index in [0.717, 1.165) is 12.8 Å². The molecule has 1 aromatic carbocycles. The molecule has 22 heavy (non-hydrogen) atoms. The van der Waals surface area contributed by atoms with Gasteiger partial charge in [-0.15, -0.1) is 0 Å². The van der Waals surface area contributed by atoms with Crippen LogP contribution in [0.4, 0.5) is 4.39 Å². The molecule has 0 aromatic heterocycles. The molecule has 0 spiro atoms. The van der Waals surface area contributed by atoms with E-state index in [0.29, 0.717) is 31.5 Å². The first-order chi connectivity index (χ1) is 10.6. The van der Waals surface area contributed by atoms with Crippen LogP contribution in [-0.2, 0) is 20.9 Å². The Kier molecular flexibility index (Phi) is 4.41. The van der Waals surface area contributed by atoms with Crippen LogP contribution < -0.4 is 0 Å². The largest absolute Gasteiger partial charge is 0.460 e. The quantitative estimate of drug-likeness (QED) is 0.803. The van der Waals surface area contributed by atoms with Crippen LogP contribution in [0, 0.1) is 17.7 Å². The summed E-state index contributed by atoms with van der Waals surface area (Å²) in [6, 6.07) is 6.28. The van der Waals surface area contributed by atoms with Crippen molar-refractivity contribution in [1.82, 2.24) is 4.90 Å². The van der Waals surface area contributed by atoms with E-state index >= 15 is 0 Å². The number of nitrogens with zero attached hydrogens (tertiary/aromatic N) is 1. The van der Waals surface area contributed by atoms with Gasteiger partial charge in [-0.05, 0) is 31.7 Å². The molecule has 0 unspecified atom stereocenters. The Hall–Kier alpha value is -1.91. The Morgan fingerprint density at radius 3 is 2.41 bits per heavy atom. The number of likely N-dealkylation sites (tertiary alicyclic amines) is 1. The number of rotatable bonds is 4. The third-order valence-corrected chi connectivity index (χ3v) is 4.39. The average Bonchev–Trinajstić information content (AvgIpc) is 3.38. The summed E-state index contributed by atoms with van der Waals surface area (Å²) in [7, 11) is 0. The predicted molar refractivity (Wildman–Crippen MR) is 78.2 cm³/mol. The van der Waals surface area contributed by atoms with Crippen LogP contribution in [0.15, 0.2) is 24.3 Å². The molecule has 0 bridgehead atoms. The Balaban J connectivity index is 1.45. The molecule has 0 N–H and O–H groups in total. The summed E-state index contributed by atoms with van der Waals surface area (Å²) in [5.41, 5.74) is 0.386. The van der Waals surface area contributed by atoms with E-state index < -0.39 is 0 Å². The summed E-state index contributed by atoms with van der Waals surface area (Å²) in [6.07, 6.45) is 3.27. The molecule has 0 radical (unpaired) electrons. The number of hydrogen-bond donors (Lipinski definition) is 0. The fourth-order valence-corrected chi connectivity index (χ4v) is 2.81. The van der Waals surface area contributed by atoms with Crippen LogP contribution in [0.3, 0.4) is 0 Å². The first-order valence-corrected chi connectivity index (χ1v) is 7.84. The summed E-state index contributed by atoms with van der Waals surface area (Å²) in [4.78, 5) is 25.9. The van der Waals surface area contributed by atoms with Crippen molar-refractivity contribution in [3.8, 4) is 0 Å². The van der Waals surface area contributed by atoms with Crippen LogP contribution in [0.5, 0.6) is 0 Å². The molecule has 1 aliphatic carbocycles. The van der Waals surface area contributed by atoms with Gasteiger partial charge in [-0.1, -0.05) is 18.2 Å². The second-order valence-electron chi connectivity index (χ2n) is 6.07. The van der Waals surface area contributed by atoms with Gasteiger partial charge >= 0.3 is 5.97 Å². The molecule has 1 saturated carbocycles. The van der Waals surface area contributed by atoms with E-state index in [1.54, 1.807) is 18.2 Å². The molecule has 0 atom stereocenters. The van der Waals surface area contributed by atoms with Crippen LogP contribution in [0.1, 0.15) is 31.2 Å². The second-order valence-corrected chi connectivity index (χ2v) is 6.07. The molecule has 1 aliphatic heterocycles. The van der Waals surface area contributed by atoms with Crippen molar-refractivity contribution >= 4 is 11.9 Å². The summed E-state index contributed by atoms with van der Waals surface area (Å²) in [5.74, 6) is -0.375. The van der Waals surface area contributed by atoms with E-state index in [4.69, 9.17) is 4.74 Å². The second kappa shape index (κ2) is 6.46. The summed E-state index contributed by atoms with van der Waals surface area (Å²) >= 11 is 0. The van der Waals surface area contributed by atoms with Crippen molar-refractivity contribution < 1.29 is 18.7 Å². The van der Waals surface area contributed by atoms with E-state index in [1.165, 1.54) is 6.07 Å². The average molecular weight is 305 g/mol. The summed E-state index contributed by atoms with van der Waals surface area (Å²) in [5, 5.41) is 0. The van der Waals surface area contributed by atoms with Crippen molar-refractivity contribution in [3.63, 3.8) is 0 Å². The van der Waals surface area contributed by atoms with Gasteiger partial charge in [-0.25, -0.2) is 4.39 Å². The molecule has 3 rings (SSSR count). The lowest BCUT2D eigenvalue weighted by atomic mass is 9.96. The summed E-state index contributed by atoms with van der Waals surface area (Å²) < 4.78 is 18.7.